The lowest BCUT2D eigenvalue weighted by atomic mass is 10.4. The summed E-state index contributed by atoms with van der Waals surface area (Å²) in [6.45, 7) is 5.75. The van der Waals surface area contributed by atoms with Crippen LogP contribution in [0.3, 0.4) is 0 Å². The zero-order chi connectivity index (χ0) is 12.1. The van der Waals surface area contributed by atoms with Crippen molar-refractivity contribution < 1.29 is 4.52 Å². The Morgan fingerprint density at radius 1 is 1.24 bits per heavy atom. The molecule has 0 unspecified atom stereocenters. The molecule has 0 aliphatic heterocycles. The van der Waals surface area contributed by atoms with E-state index in [2.05, 4.69) is 32.3 Å². The summed E-state index contributed by atoms with van der Waals surface area (Å²) in [5.74, 6) is 1.54. The molecular formula is C11H15N5O. The number of aromatic nitrogens is 4. The van der Waals surface area contributed by atoms with Gasteiger partial charge in [-0.2, -0.15) is 4.98 Å². The molecule has 0 saturated heterocycles. The smallest absolute Gasteiger partial charge is 0.240 e. The molecule has 2 rings (SSSR count). The molecule has 0 aromatic carbocycles. The van der Waals surface area contributed by atoms with Gasteiger partial charge in [0.2, 0.25) is 17.5 Å². The molecule has 0 radical (unpaired) electrons. The lowest BCUT2D eigenvalue weighted by Gasteiger charge is -1.95. The highest BCUT2D eigenvalue weighted by Crippen LogP contribution is 2.10. The van der Waals surface area contributed by atoms with E-state index < -0.39 is 0 Å². The molecule has 90 valence electrons. The van der Waals surface area contributed by atoms with E-state index in [1.54, 1.807) is 12.4 Å². The standard InChI is InChI=1S/C11H15N5O/c1-3-12-5-4-9-15-11(16-17-9)10-13-6-8(2)7-14-10/h6-7,12H,3-5H2,1-2H3. The van der Waals surface area contributed by atoms with E-state index in [-0.39, 0.29) is 0 Å². The topological polar surface area (TPSA) is 76.7 Å². The zero-order valence-corrected chi connectivity index (χ0v) is 9.97. The summed E-state index contributed by atoms with van der Waals surface area (Å²) in [5.41, 5.74) is 1.00. The number of hydrogen-bond acceptors (Lipinski definition) is 6. The second-order valence-corrected chi connectivity index (χ2v) is 3.70. The van der Waals surface area contributed by atoms with Crippen LogP contribution in [0.2, 0.25) is 0 Å². The predicted molar refractivity (Wildman–Crippen MR) is 62.3 cm³/mol. The molecular weight excluding hydrogens is 218 g/mol. The van der Waals surface area contributed by atoms with E-state index in [1.807, 2.05) is 6.92 Å². The van der Waals surface area contributed by atoms with Crippen molar-refractivity contribution in [3.8, 4) is 11.6 Å². The molecule has 0 amide bonds. The largest absolute Gasteiger partial charge is 0.339 e. The third-order valence-corrected chi connectivity index (χ3v) is 2.21. The fourth-order valence-electron chi connectivity index (χ4n) is 1.33. The minimum Gasteiger partial charge on any atom is -0.339 e. The maximum Gasteiger partial charge on any atom is 0.240 e. The number of nitrogens with zero attached hydrogens (tertiary/aromatic N) is 4. The molecule has 6 nitrogen and oxygen atoms in total. The first-order valence-corrected chi connectivity index (χ1v) is 5.62. The van der Waals surface area contributed by atoms with Crippen molar-refractivity contribution in [3.63, 3.8) is 0 Å². The predicted octanol–water partition coefficient (Wildman–Crippen LogP) is 0.987. The third kappa shape index (κ3) is 3.07. The fraction of sp³-hybridized carbons (Fsp3) is 0.455. The number of aryl methyl sites for hydroxylation is 1. The van der Waals surface area contributed by atoms with E-state index in [0.29, 0.717) is 24.0 Å². The maximum atomic E-state index is 5.11. The average Bonchev–Trinajstić information content (AvgIpc) is 2.79. The van der Waals surface area contributed by atoms with Crippen LogP contribution in [0.5, 0.6) is 0 Å². The van der Waals surface area contributed by atoms with Crippen LogP contribution in [0.4, 0.5) is 0 Å². The summed E-state index contributed by atoms with van der Waals surface area (Å²) in [5, 5.41) is 7.05. The number of hydrogen-bond donors (Lipinski definition) is 1. The third-order valence-electron chi connectivity index (χ3n) is 2.21. The summed E-state index contributed by atoms with van der Waals surface area (Å²) in [4.78, 5) is 12.5. The SMILES string of the molecule is CCNCCc1nc(-c2ncc(C)cn2)no1. The molecule has 0 aliphatic rings. The van der Waals surface area contributed by atoms with Crippen molar-refractivity contribution in [1.82, 2.24) is 25.4 Å². The molecule has 17 heavy (non-hydrogen) atoms. The van der Waals surface area contributed by atoms with Gasteiger partial charge in [0.05, 0.1) is 0 Å². The van der Waals surface area contributed by atoms with Crippen LogP contribution in [-0.2, 0) is 6.42 Å². The maximum absolute atomic E-state index is 5.11. The number of likely N-dealkylation sites (N-methyl/N-ethyl adjacent to an activating group) is 1. The van der Waals surface area contributed by atoms with Gasteiger partial charge in [0.15, 0.2) is 0 Å². The molecule has 6 heteroatoms. The van der Waals surface area contributed by atoms with Gasteiger partial charge in [-0.1, -0.05) is 12.1 Å². The Labute approximate surface area is 99.5 Å². The van der Waals surface area contributed by atoms with Gasteiger partial charge in [-0.05, 0) is 19.0 Å². The summed E-state index contributed by atoms with van der Waals surface area (Å²) in [6.07, 6.45) is 4.18. The summed E-state index contributed by atoms with van der Waals surface area (Å²) in [6, 6.07) is 0. The summed E-state index contributed by atoms with van der Waals surface area (Å²) >= 11 is 0. The molecule has 0 saturated carbocycles. The van der Waals surface area contributed by atoms with Crippen molar-refractivity contribution in [2.45, 2.75) is 20.3 Å². The molecule has 2 aromatic rings. The normalized spacial score (nSPS) is 10.7. The van der Waals surface area contributed by atoms with Crippen LogP contribution in [0.25, 0.3) is 11.6 Å². The van der Waals surface area contributed by atoms with E-state index in [0.717, 1.165) is 18.7 Å². The first kappa shape index (κ1) is 11.7. The highest BCUT2D eigenvalue weighted by molar-refractivity contribution is 5.40. The number of nitrogens with one attached hydrogen (secondary N) is 1. The van der Waals surface area contributed by atoms with Gasteiger partial charge in [-0.25, -0.2) is 9.97 Å². The van der Waals surface area contributed by atoms with Crippen molar-refractivity contribution in [3.05, 3.63) is 23.8 Å². The van der Waals surface area contributed by atoms with Gasteiger partial charge in [-0.15, -0.1) is 0 Å². The van der Waals surface area contributed by atoms with Crippen LogP contribution >= 0.6 is 0 Å². The molecule has 0 atom stereocenters. The minimum absolute atomic E-state index is 0.441. The Morgan fingerprint density at radius 3 is 2.71 bits per heavy atom. The Morgan fingerprint density at radius 2 is 2.00 bits per heavy atom. The second-order valence-electron chi connectivity index (χ2n) is 3.70. The molecule has 2 heterocycles. The molecule has 0 aliphatic carbocycles. The van der Waals surface area contributed by atoms with Crippen molar-refractivity contribution >= 4 is 0 Å². The van der Waals surface area contributed by atoms with E-state index in [1.165, 1.54) is 0 Å². The van der Waals surface area contributed by atoms with Gasteiger partial charge >= 0.3 is 0 Å². The molecule has 0 spiro atoms. The van der Waals surface area contributed by atoms with Crippen molar-refractivity contribution in [1.29, 1.82) is 0 Å². The van der Waals surface area contributed by atoms with Gasteiger partial charge < -0.3 is 9.84 Å². The van der Waals surface area contributed by atoms with Crippen LogP contribution < -0.4 is 5.32 Å². The molecule has 0 bridgehead atoms. The zero-order valence-electron chi connectivity index (χ0n) is 9.97. The van der Waals surface area contributed by atoms with Gasteiger partial charge in [0.25, 0.3) is 0 Å². The van der Waals surface area contributed by atoms with Crippen molar-refractivity contribution in [2.24, 2.45) is 0 Å². The summed E-state index contributed by atoms with van der Waals surface area (Å²) in [7, 11) is 0. The Kier molecular flexibility index (Phi) is 3.77. The van der Waals surface area contributed by atoms with Crippen LogP contribution in [-0.4, -0.2) is 33.2 Å². The summed E-state index contributed by atoms with van der Waals surface area (Å²) < 4.78 is 5.11. The first-order valence-electron chi connectivity index (χ1n) is 5.62. The van der Waals surface area contributed by atoms with Gasteiger partial charge in [-0.3, -0.25) is 0 Å². The van der Waals surface area contributed by atoms with Crippen molar-refractivity contribution in [2.75, 3.05) is 13.1 Å². The molecule has 0 fully saturated rings. The van der Waals surface area contributed by atoms with Gasteiger partial charge in [0.1, 0.15) is 0 Å². The Bertz CT molecular complexity index is 465. The van der Waals surface area contributed by atoms with Crippen LogP contribution in [0.1, 0.15) is 18.4 Å². The average molecular weight is 233 g/mol. The number of rotatable bonds is 5. The van der Waals surface area contributed by atoms with Crippen LogP contribution in [0, 0.1) is 6.92 Å². The molecule has 1 N–H and O–H groups in total. The quantitative estimate of drug-likeness (QED) is 0.776. The highest BCUT2D eigenvalue weighted by Gasteiger charge is 2.10. The second kappa shape index (κ2) is 5.49. The Balaban J connectivity index is 2.04. The molecule has 2 aromatic heterocycles. The fourth-order valence-corrected chi connectivity index (χ4v) is 1.33. The minimum atomic E-state index is 0.441. The van der Waals surface area contributed by atoms with E-state index in [9.17, 15) is 0 Å². The highest BCUT2D eigenvalue weighted by atomic mass is 16.5. The van der Waals surface area contributed by atoms with Crippen LogP contribution in [0.15, 0.2) is 16.9 Å². The monoisotopic (exact) mass is 233 g/mol. The van der Waals surface area contributed by atoms with E-state index >= 15 is 0 Å². The Hall–Kier alpha value is -1.82. The van der Waals surface area contributed by atoms with E-state index in [4.69, 9.17) is 4.52 Å². The first-order chi connectivity index (χ1) is 8.29. The van der Waals surface area contributed by atoms with Gasteiger partial charge in [0, 0.05) is 25.4 Å². The lowest BCUT2D eigenvalue weighted by molar-refractivity contribution is 0.376. The lowest BCUT2D eigenvalue weighted by Crippen LogP contribution is -2.16.